The standard InChI is InChI=1S/C11H10N4O2S/c1-16-8-3-6-7(4-9(8)17-2)14-11(18)15-10(6)12-5-13-15/h3-5H,1-2H3,(H,12,13). The number of rotatable bonds is 2. The maximum Gasteiger partial charge on any atom is 0.221 e. The molecule has 7 heteroatoms. The Morgan fingerprint density at radius 1 is 1.22 bits per heavy atom. The molecule has 0 aliphatic rings. The Bertz CT molecular complexity index is 793. The smallest absolute Gasteiger partial charge is 0.221 e. The second-order valence-corrected chi connectivity index (χ2v) is 4.03. The number of nitrogens with zero attached hydrogens (tertiary/aromatic N) is 3. The van der Waals surface area contributed by atoms with E-state index in [2.05, 4.69) is 15.1 Å². The van der Waals surface area contributed by atoms with Crippen LogP contribution in [-0.2, 0) is 0 Å². The Balaban J connectivity index is 2.50. The predicted octanol–water partition coefficient (Wildman–Crippen LogP) is 1.96. The summed E-state index contributed by atoms with van der Waals surface area (Å²) >= 11 is 5.18. The molecule has 0 atom stereocenters. The molecule has 1 N–H and O–H groups in total. The number of benzene rings is 1. The summed E-state index contributed by atoms with van der Waals surface area (Å²) in [6.45, 7) is 0. The Labute approximate surface area is 107 Å². The van der Waals surface area contributed by atoms with Crippen LogP contribution in [0.3, 0.4) is 0 Å². The minimum atomic E-state index is 0.419. The van der Waals surface area contributed by atoms with Crippen molar-refractivity contribution < 1.29 is 9.47 Å². The zero-order valence-corrected chi connectivity index (χ0v) is 10.6. The van der Waals surface area contributed by atoms with Crippen LogP contribution in [0, 0.1) is 4.77 Å². The summed E-state index contributed by atoms with van der Waals surface area (Å²) in [5.74, 6) is 1.25. The van der Waals surface area contributed by atoms with Crippen LogP contribution >= 0.6 is 12.2 Å². The number of fused-ring (bicyclic) bond motifs is 3. The van der Waals surface area contributed by atoms with Crippen LogP contribution in [0.2, 0.25) is 0 Å². The number of methoxy groups -OCH3 is 2. The zero-order valence-electron chi connectivity index (χ0n) is 9.80. The van der Waals surface area contributed by atoms with E-state index in [0.717, 1.165) is 10.9 Å². The molecular weight excluding hydrogens is 252 g/mol. The van der Waals surface area contributed by atoms with Crippen molar-refractivity contribution in [3.8, 4) is 11.5 Å². The Hall–Kier alpha value is -2.15. The SMILES string of the molecule is COc1cc2nc(=S)n3[nH]cnc3c2cc1OC. The summed E-state index contributed by atoms with van der Waals surface area (Å²) in [5, 5.41) is 3.76. The van der Waals surface area contributed by atoms with Crippen LogP contribution in [-0.4, -0.2) is 33.8 Å². The van der Waals surface area contributed by atoms with Crippen molar-refractivity contribution in [2.75, 3.05) is 14.2 Å². The molecule has 0 amide bonds. The lowest BCUT2D eigenvalue weighted by Crippen LogP contribution is -1.97. The molecule has 18 heavy (non-hydrogen) atoms. The maximum atomic E-state index is 5.27. The number of hydrogen-bond donors (Lipinski definition) is 1. The first-order valence-electron chi connectivity index (χ1n) is 5.22. The lowest BCUT2D eigenvalue weighted by Gasteiger charge is -2.08. The van der Waals surface area contributed by atoms with Crippen molar-refractivity contribution in [1.82, 2.24) is 19.6 Å². The van der Waals surface area contributed by atoms with Crippen LogP contribution in [0.4, 0.5) is 0 Å². The summed E-state index contributed by atoms with van der Waals surface area (Å²) < 4.78 is 12.6. The highest BCUT2D eigenvalue weighted by Crippen LogP contribution is 2.32. The van der Waals surface area contributed by atoms with Gasteiger partial charge in [-0.15, -0.1) is 0 Å². The van der Waals surface area contributed by atoms with Gasteiger partial charge in [-0.3, -0.25) is 5.10 Å². The highest BCUT2D eigenvalue weighted by Gasteiger charge is 2.11. The minimum Gasteiger partial charge on any atom is -0.493 e. The average molecular weight is 262 g/mol. The number of hydrogen-bond acceptors (Lipinski definition) is 5. The third kappa shape index (κ3) is 1.44. The van der Waals surface area contributed by atoms with E-state index in [1.54, 1.807) is 31.1 Å². The number of aromatic nitrogens is 4. The number of ether oxygens (including phenoxy) is 2. The van der Waals surface area contributed by atoms with Crippen molar-refractivity contribution >= 4 is 28.8 Å². The van der Waals surface area contributed by atoms with Gasteiger partial charge in [-0.1, -0.05) is 0 Å². The summed E-state index contributed by atoms with van der Waals surface area (Å²) in [7, 11) is 3.17. The molecule has 92 valence electrons. The van der Waals surface area contributed by atoms with Gasteiger partial charge in [-0.05, 0) is 18.3 Å². The fourth-order valence-electron chi connectivity index (χ4n) is 1.90. The number of aromatic amines is 1. The van der Waals surface area contributed by atoms with Crippen LogP contribution in [0.1, 0.15) is 0 Å². The molecule has 2 heterocycles. The zero-order chi connectivity index (χ0) is 12.7. The van der Waals surface area contributed by atoms with E-state index in [1.807, 2.05) is 6.07 Å². The Kier molecular flexibility index (Phi) is 2.41. The first kappa shape index (κ1) is 11.0. The average Bonchev–Trinajstić information content (AvgIpc) is 2.87. The van der Waals surface area contributed by atoms with Gasteiger partial charge in [0.15, 0.2) is 17.1 Å². The molecule has 0 spiro atoms. The third-order valence-electron chi connectivity index (χ3n) is 2.74. The maximum absolute atomic E-state index is 5.27. The molecule has 0 saturated carbocycles. The van der Waals surface area contributed by atoms with Gasteiger partial charge < -0.3 is 9.47 Å². The molecule has 0 saturated heterocycles. The fraction of sp³-hybridized carbons (Fsp3) is 0.182. The van der Waals surface area contributed by atoms with E-state index in [4.69, 9.17) is 21.7 Å². The summed E-state index contributed by atoms with van der Waals surface area (Å²) in [6, 6.07) is 3.63. The van der Waals surface area contributed by atoms with Gasteiger partial charge in [0.1, 0.15) is 6.33 Å². The van der Waals surface area contributed by atoms with Gasteiger partial charge in [0.05, 0.1) is 19.7 Å². The second-order valence-electron chi connectivity index (χ2n) is 3.67. The molecule has 3 rings (SSSR count). The molecule has 0 fully saturated rings. The molecule has 0 aliphatic heterocycles. The van der Waals surface area contributed by atoms with Gasteiger partial charge in [0.25, 0.3) is 0 Å². The highest BCUT2D eigenvalue weighted by molar-refractivity contribution is 7.71. The molecular formula is C11H10N4O2S. The van der Waals surface area contributed by atoms with E-state index < -0.39 is 0 Å². The van der Waals surface area contributed by atoms with Crippen LogP contribution in [0.5, 0.6) is 11.5 Å². The van der Waals surface area contributed by atoms with Gasteiger partial charge in [-0.2, -0.15) is 0 Å². The van der Waals surface area contributed by atoms with Crippen molar-refractivity contribution in [3.05, 3.63) is 23.2 Å². The highest BCUT2D eigenvalue weighted by atomic mass is 32.1. The quantitative estimate of drug-likeness (QED) is 0.715. The number of H-pyrrole nitrogens is 1. The number of nitrogens with one attached hydrogen (secondary N) is 1. The lowest BCUT2D eigenvalue weighted by molar-refractivity contribution is 0.356. The van der Waals surface area contributed by atoms with Crippen LogP contribution < -0.4 is 9.47 Å². The molecule has 0 aliphatic carbocycles. The van der Waals surface area contributed by atoms with Crippen molar-refractivity contribution in [2.24, 2.45) is 0 Å². The predicted molar refractivity (Wildman–Crippen MR) is 68.8 cm³/mol. The monoisotopic (exact) mass is 262 g/mol. The molecule has 1 aromatic carbocycles. The van der Waals surface area contributed by atoms with Crippen LogP contribution in [0.25, 0.3) is 16.6 Å². The molecule has 2 aromatic heterocycles. The Morgan fingerprint density at radius 2 is 1.94 bits per heavy atom. The van der Waals surface area contributed by atoms with E-state index in [9.17, 15) is 0 Å². The molecule has 0 radical (unpaired) electrons. The van der Waals surface area contributed by atoms with Crippen molar-refractivity contribution in [2.45, 2.75) is 0 Å². The minimum absolute atomic E-state index is 0.419. The van der Waals surface area contributed by atoms with Gasteiger partial charge in [0, 0.05) is 11.5 Å². The van der Waals surface area contributed by atoms with Crippen molar-refractivity contribution in [3.63, 3.8) is 0 Å². The molecule has 0 unspecified atom stereocenters. The van der Waals surface area contributed by atoms with E-state index >= 15 is 0 Å². The molecule has 6 nitrogen and oxygen atoms in total. The molecule has 0 bridgehead atoms. The topological polar surface area (TPSA) is 64.4 Å². The third-order valence-corrected chi connectivity index (χ3v) is 3.01. The van der Waals surface area contributed by atoms with E-state index in [0.29, 0.717) is 21.9 Å². The van der Waals surface area contributed by atoms with Gasteiger partial charge in [-0.25, -0.2) is 14.5 Å². The second kappa shape index (κ2) is 3.95. The summed E-state index contributed by atoms with van der Waals surface area (Å²) in [4.78, 5) is 8.57. The van der Waals surface area contributed by atoms with Crippen molar-refractivity contribution in [1.29, 1.82) is 0 Å². The van der Waals surface area contributed by atoms with Crippen LogP contribution in [0.15, 0.2) is 18.5 Å². The lowest BCUT2D eigenvalue weighted by atomic mass is 10.2. The Morgan fingerprint density at radius 3 is 2.67 bits per heavy atom. The van der Waals surface area contributed by atoms with Gasteiger partial charge in [0.2, 0.25) is 4.77 Å². The van der Waals surface area contributed by atoms with E-state index in [1.165, 1.54) is 0 Å². The van der Waals surface area contributed by atoms with Gasteiger partial charge >= 0.3 is 0 Å². The largest absolute Gasteiger partial charge is 0.493 e. The first-order chi connectivity index (χ1) is 8.74. The normalized spacial score (nSPS) is 11.0. The fourth-order valence-corrected chi connectivity index (χ4v) is 2.13. The van der Waals surface area contributed by atoms with E-state index in [-0.39, 0.29) is 0 Å². The first-order valence-corrected chi connectivity index (χ1v) is 5.63. The summed E-state index contributed by atoms with van der Waals surface area (Å²) in [5.41, 5.74) is 1.44. The summed E-state index contributed by atoms with van der Waals surface area (Å²) in [6.07, 6.45) is 1.57. The molecule has 3 aromatic rings.